The van der Waals surface area contributed by atoms with E-state index in [1.807, 2.05) is 36.5 Å². The number of azide groups is 1. The Bertz CT molecular complexity index is 1070. The highest BCUT2D eigenvalue weighted by Crippen LogP contribution is 2.32. The number of aliphatic hydroxyl groups is 1. The van der Waals surface area contributed by atoms with Gasteiger partial charge >= 0.3 is 0 Å². The van der Waals surface area contributed by atoms with Crippen LogP contribution >= 0.6 is 12.4 Å². The number of halogens is 1. The maximum Gasteiger partial charge on any atom is 0.0965 e. The maximum absolute atomic E-state index is 9.32. The van der Waals surface area contributed by atoms with Gasteiger partial charge in [-0.3, -0.25) is 15.0 Å². The van der Waals surface area contributed by atoms with Crippen molar-refractivity contribution in [1.82, 2.24) is 15.0 Å². The van der Waals surface area contributed by atoms with Gasteiger partial charge in [-0.1, -0.05) is 23.3 Å². The molecule has 0 radical (unpaired) electrons. The zero-order chi connectivity index (χ0) is 22.3. The van der Waals surface area contributed by atoms with E-state index in [0.29, 0.717) is 0 Å². The predicted molar refractivity (Wildman–Crippen MR) is 129 cm³/mol. The fourth-order valence-corrected chi connectivity index (χ4v) is 4.40. The van der Waals surface area contributed by atoms with Crippen LogP contribution in [0, 0.1) is 0 Å². The van der Waals surface area contributed by atoms with Crippen molar-refractivity contribution in [3.8, 4) is 0 Å². The highest BCUT2D eigenvalue weighted by molar-refractivity contribution is 5.85. The van der Waals surface area contributed by atoms with E-state index in [4.69, 9.17) is 11.3 Å². The molecular formula is C24H28ClN7O. The van der Waals surface area contributed by atoms with Crippen LogP contribution in [0.3, 0.4) is 0 Å². The summed E-state index contributed by atoms with van der Waals surface area (Å²) in [5, 5.41) is 13.0. The first-order chi connectivity index (χ1) is 15.7. The van der Waals surface area contributed by atoms with Gasteiger partial charge in [0.05, 0.1) is 29.2 Å². The first-order valence-corrected chi connectivity index (χ1v) is 11.0. The van der Waals surface area contributed by atoms with Crippen molar-refractivity contribution in [1.29, 1.82) is 0 Å². The number of nitrogens with two attached hydrogens (primary N) is 1. The molecule has 3 aromatic heterocycles. The first-order valence-electron chi connectivity index (χ1n) is 11.0. The molecule has 6 rings (SSSR count). The predicted octanol–water partition coefficient (Wildman–Crippen LogP) is 4.89. The Labute approximate surface area is 199 Å². The van der Waals surface area contributed by atoms with Gasteiger partial charge in [-0.25, -0.2) is 0 Å². The topological polar surface area (TPSA) is 134 Å². The molecule has 0 saturated heterocycles. The van der Waals surface area contributed by atoms with E-state index in [0.717, 1.165) is 55.6 Å². The van der Waals surface area contributed by atoms with Crippen LogP contribution in [0.4, 0.5) is 0 Å². The molecule has 8 nitrogen and oxygen atoms in total. The van der Waals surface area contributed by atoms with Gasteiger partial charge in [0.1, 0.15) is 0 Å². The zero-order valence-electron chi connectivity index (χ0n) is 18.3. The molecule has 0 aromatic carbocycles. The van der Waals surface area contributed by atoms with Gasteiger partial charge in [0.2, 0.25) is 0 Å². The molecule has 0 saturated carbocycles. The van der Waals surface area contributed by atoms with E-state index >= 15 is 0 Å². The second-order valence-electron chi connectivity index (χ2n) is 8.10. The Morgan fingerprint density at radius 2 is 1.33 bits per heavy atom. The summed E-state index contributed by atoms with van der Waals surface area (Å²) in [6.45, 7) is 0. The summed E-state index contributed by atoms with van der Waals surface area (Å²) in [6.07, 6.45) is 10.8. The molecule has 33 heavy (non-hydrogen) atoms. The summed E-state index contributed by atoms with van der Waals surface area (Å²) < 4.78 is 0. The van der Waals surface area contributed by atoms with E-state index in [9.17, 15) is 5.11 Å². The van der Waals surface area contributed by atoms with Crippen LogP contribution in [0.2, 0.25) is 0 Å². The maximum atomic E-state index is 9.32. The van der Waals surface area contributed by atoms with Gasteiger partial charge in [-0.05, 0) is 78.9 Å². The second-order valence-corrected chi connectivity index (χ2v) is 8.10. The fourth-order valence-electron chi connectivity index (χ4n) is 4.40. The number of aliphatic hydroxyl groups excluding tert-OH is 1. The summed E-state index contributed by atoms with van der Waals surface area (Å²) in [7, 11) is 0. The highest BCUT2D eigenvalue weighted by Gasteiger charge is 2.22. The fraction of sp³-hybridized carbons (Fsp3) is 0.375. The molecule has 3 aliphatic carbocycles. The lowest BCUT2D eigenvalue weighted by Gasteiger charge is -2.00. The lowest BCUT2D eigenvalue weighted by Crippen LogP contribution is -2.06. The van der Waals surface area contributed by atoms with Crippen molar-refractivity contribution < 1.29 is 5.11 Å². The Morgan fingerprint density at radius 1 is 0.818 bits per heavy atom. The SMILES string of the molecule is Cl.NC1CCc2cccnc21.OC1CCc2cccnc21.[N-]=[N+]=NC1CCc2cccnc21. The number of pyridine rings is 3. The van der Waals surface area contributed by atoms with Crippen molar-refractivity contribution in [3.63, 3.8) is 0 Å². The van der Waals surface area contributed by atoms with Gasteiger partial charge < -0.3 is 10.8 Å². The van der Waals surface area contributed by atoms with E-state index in [1.165, 1.54) is 16.7 Å². The normalized spacial score (nSPS) is 21.0. The first kappa shape index (κ1) is 24.6. The van der Waals surface area contributed by atoms with Crippen molar-refractivity contribution in [2.75, 3.05) is 0 Å². The third-order valence-electron chi connectivity index (χ3n) is 6.05. The van der Waals surface area contributed by atoms with Crippen LogP contribution in [0.25, 0.3) is 10.4 Å². The Balaban J connectivity index is 0.000000138. The number of hydrogen-bond donors (Lipinski definition) is 2. The summed E-state index contributed by atoms with van der Waals surface area (Å²) in [6, 6.07) is 12.1. The zero-order valence-corrected chi connectivity index (χ0v) is 19.1. The summed E-state index contributed by atoms with van der Waals surface area (Å²) in [5.41, 5.74) is 20.7. The molecule has 0 amide bonds. The van der Waals surface area contributed by atoms with E-state index in [1.54, 1.807) is 12.4 Å². The molecule has 0 aliphatic heterocycles. The molecule has 0 fully saturated rings. The lowest BCUT2D eigenvalue weighted by atomic mass is 10.2. The lowest BCUT2D eigenvalue weighted by molar-refractivity contribution is 0.176. The van der Waals surface area contributed by atoms with E-state index in [-0.39, 0.29) is 30.6 Å². The molecule has 3 aliphatic rings. The van der Waals surface area contributed by atoms with Crippen molar-refractivity contribution in [2.24, 2.45) is 10.8 Å². The molecule has 0 spiro atoms. The van der Waals surface area contributed by atoms with Crippen LogP contribution in [-0.2, 0) is 19.3 Å². The monoisotopic (exact) mass is 465 g/mol. The molecule has 172 valence electrons. The number of rotatable bonds is 1. The van der Waals surface area contributed by atoms with Crippen molar-refractivity contribution in [2.45, 2.75) is 56.7 Å². The number of aromatic nitrogens is 3. The largest absolute Gasteiger partial charge is 0.387 e. The molecule has 3 N–H and O–H groups in total. The third kappa shape index (κ3) is 5.86. The molecular weight excluding hydrogens is 438 g/mol. The van der Waals surface area contributed by atoms with Crippen LogP contribution in [0.15, 0.2) is 60.1 Å². The van der Waals surface area contributed by atoms with Crippen molar-refractivity contribution in [3.05, 3.63) is 99.2 Å². The average Bonchev–Trinajstić information content (AvgIpc) is 3.54. The smallest absolute Gasteiger partial charge is 0.0965 e. The van der Waals surface area contributed by atoms with Crippen LogP contribution < -0.4 is 5.73 Å². The minimum absolute atomic E-state index is 0. The average molecular weight is 466 g/mol. The quantitative estimate of drug-likeness (QED) is 0.299. The highest BCUT2D eigenvalue weighted by atomic mass is 35.5. The molecule has 3 heterocycles. The number of aryl methyl sites for hydroxylation is 3. The minimum atomic E-state index is -0.309. The van der Waals surface area contributed by atoms with Gasteiger partial charge in [-0.2, -0.15) is 0 Å². The summed E-state index contributed by atoms with van der Waals surface area (Å²) in [4.78, 5) is 15.3. The number of nitrogens with zero attached hydrogens (tertiary/aromatic N) is 6. The Kier molecular flexibility index (Phi) is 8.74. The van der Waals surface area contributed by atoms with Gasteiger partial charge in [0, 0.05) is 29.5 Å². The Hall–Kier alpha value is -3.03. The molecule has 3 aromatic rings. The number of fused-ring (bicyclic) bond motifs is 3. The van der Waals surface area contributed by atoms with Crippen molar-refractivity contribution >= 4 is 12.4 Å². The van der Waals surface area contributed by atoms with E-state index in [2.05, 4.69) is 31.0 Å². The minimum Gasteiger partial charge on any atom is -0.387 e. The van der Waals surface area contributed by atoms with Crippen LogP contribution in [-0.4, -0.2) is 20.1 Å². The molecule has 3 unspecified atom stereocenters. The van der Waals surface area contributed by atoms with Gasteiger partial charge in [0.25, 0.3) is 0 Å². The van der Waals surface area contributed by atoms with Gasteiger partial charge in [0.15, 0.2) is 0 Å². The summed E-state index contributed by atoms with van der Waals surface area (Å²) in [5.74, 6) is 0. The molecule has 0 bridgehead atoms. The molecule has 9 heteroatoms. The Morgan fingerprint density at radius 3 is 1.94 bits per heavy atom. The molecule has 3 atom stereocenters. The van der Waals surface area contributed by atoms with Crippen LogP contribution in [0.1, 0.15) is 71.2 Å². The van der Waals surface area contributed by atoms with E-state index < -0.39 is 0 Å². The third-order valence-corrected chi connectivity index (χ3v) is 6.05. The number of hydrogen-bond acceptors (Lipinski definition) is 6. The second kappa shape index (κ2) is 11.7. The van der Waals surface area contributed by atoms with Crippen LogP contribution in [0.5, 0.6) is 0 Å². The van der Waals surface area contributed by atoms with Gasteiger partial charge in [-0.15, -0.1) is 12.4 Å². The standard InChI is InChI=1S/C8H8N4.C8H10N2.C8H9NO.ClH/c9-12-11-7-4-3-6-2-1-5-10-8(6)7;9-7-4-3-6-2-1-5-10-8(6)7;10-7-4-3-6-2-1-5-9-8(6)7;/h1-2,5,7H,3-4H2;1-2,5,7H,3-4,9H2;1-2,5,7,10H,3-4H2;1H. The summed E-state index contributed by atoms with van der Waals surface area (Å²) >= 11 is 0.